The Balaban J connectivity index is 1.70. The minimum Gasteiger partial charge on any atom is -0.356 e. The van der Waals surface area contributed by atoms with E-state index in [4.69, 9.17) is 0 Å². The maximum atomic E-state index is 13.1. The van der Waals surface area contributed by atoms with Crippen LogP contribution in [0, 0.1) is 34.5 Å². The van der Waals surface area contributed by atoms with Gasteiger partial charge in [0.25, 0.3) is 0 Å². The summed E-state index contributed by atoms with van der Waals surface area (Å²) in [5.41, 5.74) is 0.0215. The monoisotopic (exact) mass is 389 g/mol. The number of fused-ring (bicyclic) bond motifs is 1. The first kappa shape index (κ1) is 20.6. The second kappa shape index (κ2) is 7.70. The topological polar surface area (TPSA) is 114 Å². The molecule has 154 valence electrons. The first-order chi connectivity index (χ1) is 13.2. The molecule has 2 saturated heterocycles. The highest BCUT2D eigenvalue weighted by atomic mass is 16.2. The van der Waals surface area contributed by atoms with Crippen LogP contribution in [0.2, 0.25) is 0 Å². The molecule has 0 aromatic carbocycles. The summed E-state index contributed by atoms with van der Waals surface area (Å²) < 4.78 is 0. The third kappa shape index (κ3) is 3.60. The molecule has 8 heteroatoms. The van der Waals surface area contributed by atoms with Crippen molar-refractivity contribution in [2.24, 2.45) is 23.2 Å². The number of rotatable bonds is 7. The van der Waals surface area contributed by atoms with Gasteiger partial charge in [-0.15, -0.1) is 0 Å². The van der Waals surface area contributed by atoms with Gasteiger partial charge in [-0.05, 0) is 43.6 Å². The van der Waals surface area contributed by atoms with Gasteiger partial charge in [-0.1, -0.05) is 20.8 Å². The Hall–Kier alpha value is -2.14. The van der Waals surface area contributed by atoms with Gasteiger partial charge in [0.05, 0.1) is 12.1 Å². The molecule has 1 saturated carbocycles. The lowest BCUT2D eigenvalue weighted by atomic mass is 9.97. The number of carbonyl (C=O) groups excluding carboxylic acids is 3. The van der Waals surface area contributed by atoms with Crippen molar-refractivity contribution < 1.29 is 14.4 Å². The standard InChI is InChI=1S/C20H31N5O3/c1-5-22-11(2)19(28)25-10-14-15(20(14,3)4)16(25)18(27)24-13(9-21)8-12-6-7-23-17(12)26/h11-16,22H,5-8,10H2,1-4H3,(H,23,26)(H,24,27)/t11?,12-,13?,14-,15-,16-/m0/s1. The molecule has 2 unspecified atom stereocenters. The van der Waals surface area contributed by atoms with Crippen LogP contribution >= 0.6 is 0 Å². The summed E-state index contributed by atoms with van der Waals surface area (Å²) in [6, 6.07) is 0.476. The SMILES string of the molecule is CCNC(C)C(=O)N1C[C@H]2[C@@H]([C@H]1C(=O)NC(C#N)C[C@@H]1CCNC1=O)C2(C)C. The van der Waals surface area contributed by atoms with E-state index in [0.717, 1.165) is 0 Å². The minimum atomic E-state index is -0.731. The largest absolute Gasteiger partial charge is 0.356 e. The van der Waals surface area contributed by atoms with Gasteiger partial charge in [-0.3, -0.25) is 14.4 Å². The van der Waals surface area contributed by atoms with Crippen molar-refractivity contribution in [3.63, 3.8) is 0 Å². The molecule has 2 heterocycles. The molecule has 0 radical (unpaired) electrons. The van der Waals surface area contributed by atoms with E-state index in [2.05, 4.69) is 35.9 Å². The first-order valence-electron chi connectivity index (χ1n) is 10.2. The van der Waals surface area contributed by atoms with Gasteiger partial charge in [-0.2, -0.15) is 5.26 Å². The normalized spacial score (nSPS) is 32.1. The van der Waals surface area contributed by atoms with Crippen LogP contribution in [0.3, 0.4) is 0 Å². The molecule has 0 bridgehead atoms. The highest BCUT2D eigenvalue weighted by Crippen LogP contribution is 2.64. The molecule has 2 aliphatic heterocycles. The lowest BCUT2D eigenvalue weighted by molar-refractivity contribution is -0.141. The van der Waals surface area contributed by atoms with Gasteiger partial charge in [0.2, 0.25) is 17.7 Å². The predicted molar refractivity (Wildman–Crippen MR) is 103 cm³/mol. The number of hydrogen-bond acceptors (Lipinski definition) is 5. The molecular weight excluding hydrogens is 358 g/mol. The van der Waals surface area contributed by atoms with Gasteiger partial charge in [0.1, 0.15) is 12.1 Å². The Kier molecular flexibility index (Phi) is 5.67. The first-order valence-corrected chi connectivity index (χ1v) is 10.2. The van der Waals surface area contributed by atoms with Crippen molar-refractivity contribution in [3.05, 3.63) is 0 Å². The van der Waals surface area contributed by atoms with Crippen LogP contribution in [0.4, 0.5) is 0 Å². The van der Waals surface area contributed by atoms with Gasteiger partial charge >= 0.3 is 0 Å². The second-order valence-corrected chi connectivity index (χ2v) is 8.87. The van der Waals surface area contributed by atoms with Crippen molar-refractivity contribution in [1.82, 2.24) is 20.9 Å². The van der Waals surface area contributed by atoms with E-state index in [9.17, 15) is 19.6 Å². The zero-order valence-corrected chi connectivity index (χ0v) is 17.1. The molecule has 3 N–H and O–H groups in total. The second-order valence-electron chi connectivity index (χ2n) is 8.87. The summed E-state index contributed by atoms with van der Waals surface area (Å²) in [5.74, 6) is -0.240. The lowest BCUT2D eigenvalue weighted by Crippen LogP contribution is -2.55. The molecule has 28 heavy (non-hydrogen) atoms. The number of likely N-dealkylation sites (tertiary alicyclic amines) is 1. The van der Waals surface area contributed by atoms with Crippen molar-refractivity contribution in [2.75, 3.05) is 19.6 Å². The highest BCUT2D eigenvalue weighted by molar-refractivity contribution is 5.91. The Bertz CT molecular complexity index is 700. The average molecular weight is 390 g/mol. The molecule has 3 aliphatic rings. The van der Waals surface area contributed by atoms with E-state index in [-0.39, 0.29) is 41.0 Å². The summed E-state index contributed by atoms with van der Waals surface area (Å²) in [5, 5.41) is 18.2. The van der Waals surface area contributed by atoms with Gasteiger partial charge in [0.15, 0.2) is 0 Å². The molecule has 3 rings (SSSR count). The van der Waals surface area contributed by atoms with Crippen molar-refractivity contribution in [1.29, 1.82) is 5.26 Å². The molecule has 0 spiro atoms. The van der Waals surface area contributed by atoms with Crippen molar-refractivity contribution in [3.8, 4) is 6.07 Å². The number of nitrogens with zero attached hydrogens (tertiary/aromatic N) is 2. The Morgan fingerprint density at radius 2 is 2.14 bits per heavy atom. The van der Waals surface area contributed by atoms with Crippen molar-refractivity contribution >= 4 is 17.7 Å². The van der Waals surface area contributed by atoms with Crippen LogP contribution in [0.1, 0.15) is 40.5 Å². The lowest BCUT2D eigenvalue weighted by Gasteiger charge is -2.32. The maximum absolute atomic E-state index is 13.1. The van der Waals surface area contributed by atoms with Gasteiger partial charge in [0, 0.05) is 19.0 Å². The fourth-order valence-corrected chi connectivity index (χ4v) is 5.01. The number of hydrogen-bond donors (Lipinski definition) is 3. The maximum Gasteiger partial charge on any atom is 0.244 e. The van der Waals surface area contributed by atoms with E-state index in [0.29, 0.717) is 38.4 Å². The number of nitrogens with one attached hydrogen (secondary N) is 3. The van der Waals surface area contributed by atoms with E-state index in [1.54, 1.807) is 4.90 Å². The molecule has 1 aliphatic carbocycles. The van der Waals surface area contributed by atoms with Gasteiger partial charge in [-0.25, -0.2) is 0 Å². The molecule has 0 aromatic heterocycles. The highest BCUT2D eigenvalue weighted by Gasteiger charge is 2.69. The Morgan fingerprint density at radius 3 is 2.71 bits per heavy atom. The van der Waals surface area contributed by atoms with Gasteiger partial charge < -0.3 is 20.9 Å². The number of likely N-dealkylation sites (N-methyl/N-ethyl adjacent to an activating group) is 1. The van der Waals surface area contributed by atoms with Crippen LogP contribution in [0.5, 0.6) is 0 Å². The molecule has 0 aromatic rings. The number of nitriles is 1. The van der Waals surface area contributed by atoms with Crippen LogP contribution in [0.15, 0.2) is 0 Å². The smallest absolute Gasteiger partial charge is 0.244 e. The third-order valence-corrected chi connectivity index (χ3v) is 6.80. The Labute approximate surface area is 166 Å². The average Bonchev–Trinajstić information content (AvgIpc) is 3.03. The van der Waals surface area contributed by atoms with Crippen LogP contribution in [0.25, 0.3) is 0 Å². The summed E-state index contributed by atoms with van der Waals surface area (Å²) in [7, 11) is 0. The third-order valence-electron chi connectivity index (χ3n) is 6.80. The predicted octanol–water partition coefficient (Wildman–Crippen LogP) is 0.00198. The quantitative estimate of drug-likeness (QED) is 0.567. The van der Waals surface area contributed by atoms with Crippen LogP contribution < -0.4 is 16.0 Å². The molecule has 3 amide bonds. The van der Waals surface area contributed by atoms with Crippen LogP contribution in [-0.2, 0) is 14.4 Å². The summed E-state index contributed by atoms with van der Waals surface area (Å²) in [6.07, 6.45) is 0.985. The fourth-order valence-electron chi connectivity index (χ4n) is 5.01. The zero-order chi connectivity index (χ0) is 20.6. The number of amides is 3. The van der Waals surface area contributed by atoms with E-state index in [1.807, 2.05) is 13.8 Å². The number of carbonyl (C=O) groups is 3. The summed E-state index contributed by atoms with van der Waals surface area (Å²) in [6.45, 7) is 9.87. The molecular formula is C20H31N5O3. The fraction of sp³-hybridized carbons (Fsp3) is 0.800. The molecule has 6 atom stereocenters. The van der Waals surface area contributed by atoms with Crippen molar-refractivity contribution in [2.45, 2.75) is 58.7 Å². The molecule has 3 fully saturated rings. The Morgan fingerprint density at radius 1 is 1.43 bits per heavy atom. The number of piperidine rings is 1. The van der Waals surface area contributed by atoms with E-state index >= 15 is 0 Å². The van der Waals surface area contributed by atoms with E-state index < -0.39 is 12.1 Å². The zero-order valence-electron chi connectivity index (χ0n) is 17.1. The summed E-state index contributed by atoms with van der Waals surface area (Å²) >= 11 is 0. The minimum absolute atomic E-state index is 0.0215. The molecule has 8 nitrogen and oxygen atoms in total. The van der Waals surface area contributed by atoms with E-state index in [1.165, 1.54) is 0 Å². The van der Waals surface area contributed by atoms with Crippen LogP contribution in [-0.4, -0.2) is 60.4 Å². The summed E-state index contributed by atoms with van der Waals surface area (Å²) in [4.78, 5) is 39.5.